The van der Waals surface area contributed by atoms with Crippen LogP contribution in [0.3, 0.4) is 0 Å². The molecule has 0 aliphatic carbocycles. The number of hydrogen-bond acceptors (Lipinski definition) is 3. The summed E-state index contributed by atoms with van der Waals surface area (Å²) < 4.78 is 1.26. The van der Waals surface area contributed by atoms with Crippen LogP contribution >= 0.6 is 11.8 Å². The number of rotatable bonds is 1. The molecule has 1 aliphatic rings. The number of hydrogen-bond donors (Lipinski definition) is 0. The Morgan fingerprint density at radius 1 is 1.82 bits per heavy atom. The molecule has 0 amide bonds. The van der Waals surface area contributed by atoms with E-state index in [0.29, 0.717) is 12.1 Å². The topological polar surface area (TPSA) is 46.4 Å². The van der Waals surface area contributed by atoms with Crippen molar-refractivity contribution in [3.05, 3.63) is 33.7 Å². The predicted molar refractivity (Wildman–Crippen MR) is 41.4 cm³/mol. The van der Waals surface area contributed by atoms with Gasteiger partial charge in [0.2, 0.25) is 0 Å². The molecule has 60 valence electrons. The minimum atomic E-state index is -0.444. The highest BCUT2D eigenvalue weighted by Crippen LogP contribution is 2.17. The summed E-state index contributed by atoms with van der Waals surface area (Å²) in [6.45, 7) is 2.21. The number of nitrogens with zero attached hydrogens (tertiary/aromatic N) is 2. The molecule has 0 bridgehead atoms. The predicted octanol–water partition coefficient (Wildman–Crippen LogP) is 1.52. The Labute approximate surface area is 69.0 Å². The van der Waals surface area contributed by atoms with Gasteiger partial charge < -0.3 is 0 Å². The fraction of sp³-hybridized carbons (Fsp3) is 0.333. The third kappa shape index (κ3) is 1.71. The van der Waals surface area contributed by atoms with Gasteiger partial charge in [-0.25, -0.2) is 0 Å². The van der Waals surface area contributed by atoms with Crippen molar-refractivity contribution >= 4 is 11.8 Å². The molecule has 0 saturated carbocycles. The summed E-state index contributed by atoms with van der Waals surface area (Å²) in [5, 5.41) is 10.3. The van der Waals surface area contributed by atoms with Crippen LogP contribution in [0.4, 0.5) is 0 Å². The highest BCUT2D eigenvalue weighted by molar-refractivity contribution is 6.14. The standard InChI is InChI=1S/C6H7ClN2O2/c1-5-2-3-8(7)4-6(5)9(10)11/h2,4H,3H2,1H3. The summed E-state index contributed by atoms with van der Waals surface area (Å²) >= 11 is 5.53. The van der Waals surface area contributed by atoms with E-state index in [0.717, 1.165) is 0 Å². The quantitative estimate of drug-likeness (QED) is 0.344. The van der Waals surface area contributed by atoms with Gasteiger partial charge in [0.25, 0.3) is 5.70 Å². The first-order chi connectivity index (χ1) is 5.11. The Hall–Kier alpha value is -1.03. The lowest BCUT2D eigenvalue weighted by Gasteiger charge is -2.12. The van der Waals surface area contributed by atoms with Gasteiger partial charge in [0.15, 0.2) is 0 Å². The van der Waals surface area contributed by atoms with Crippen LogP contribution in [0.5, 0.6) is 0 Å². The summed E-state index contributed by atoms with van der Waals surface area (Å²) in [5.41, 5.74) is 0.721. The molecule has 4 nitrogen and oxygen atoms in total. The van der Waals surface area contributed by atoms with Gasteiger partial charge in [-0.3, -0.25) is 14.5 Å². The molecule has 0 aromatic rings. The largest absolute Gasteiger partial charge is 0.289 e. The molecule has 0 N–H and O–H groups in total. The SMILES string of the molecule is CC1=CCN(Cl)C=C1[N+](=O)[O-]. The first kappa shape index (κ1) is 8.07. The molecule has 0 unspecified atom stereocenters. The molecule has 5 heteroatoms. The van der Waals surface area contributed by atoms with Crippen molar-refractivity contribution in [1.82, 2.24) is 4.42 Å². The van der Waals surface area contributed by atoms with Gasteiger partial charge in [-0.2, -0.15) is 0 Å². The monoisotopic (exact) mass is 174 g/mol. The Morgan fingerprint density at radius 3 is 2.91 bits per heavy atom. The van der Waals surface area contributed by atoms with E-state index < -0.39 is 4.92 Å². The van der Waals surface area contributed by atoms with E-state index in [1.807, 2.05) is 0 Å². The van der Waals surface area contributed by atoms with Crippen LogP contribution < -0.4 is 0 Å². The number of halogens is 1. The Balaban J connectivity index is 2.90. The van der Waals surface area contributed by atoms with Crippen LogP contribution in [0.15, 0.2) is 23.5 Å². The summed E-state index contributed by atoms with van der Waals surface area (Å²) in [7, 11) is 0. The maximum Gasteiger partial charge on any atom is 0.289 e. The van der Waals surface area contributed by atoms with Crippen LogP contribution in [0.25, 0.3) is 0 Å². The fourth-order valence-electron chi connectivity index (χ4n) is 0.807. The molecule has 0 saturated heterocycles. The summed E-state index contributed by atoms with van der Waals surface area (Å²) in [6.07, 6.45) is 3.03. The summed E-state index contributed by atoms with van der Waals surface area (Å²) in [4.78, 5) is 9.88. The minimum Gasteiger partial charge on any atom is -0.282 e. The van der Waals surface area contributed by atoms with Crippen LogP contribution in [0.1, 0.15) is 6.92 Å². The van der Waals surface area contributed by atoms with E-state index >= 15 is 0 Å². The summed E-state index contributed by atoms with van der Waals surface area (Å²) in [5.74, 6) is 0. The normalized spacial score (nSPS) is 17.5. The van der Waals surface area contributed by atoms with E-state index in [2.05, 4.69) is 0 Å². The van der Waals surface area contributed by atoms with Gasteiger partial charge >= 0.3 is 0 Å². The van der Waals surface area contributed by atoms with Crippen molar-refractivity contribution in [2.45, 2.75) is 6.92 Å². The van der Waals surface area contributed by atoms with Gasteiger partial charge in [0.05, 0.1) is 17.7 Å². The van der Waals surface area contributed by atoms with Crippen molar-refractivity contribution < 1.29 is 4.92 Å². The maximum absolute atomic E-state index is 10.3. The molecule has 0 aromatic carbocycles. The molecule has 1 rings (SSSR count). The highest BCUT2D eigenvalue weighted by Gasteiger charge is 2.18. The van der Waals surface area contributed by atoms with Gasteiger partial charge in [-0.1, -0.05) is 6.08 Å². The Bertz CT molecular complexity index is 247. The maximum atomic E-state index is 10.3. The molecule has 0 fully saturated rings. The van der Waals surface area contributed by atoms with Crippen LogP contribution in [-0.2, 0) is 0 Å². The lowest BCUT2D eigenvalue weighted by molar-refractivity contribution is -0.421. The van der Waals surface area contributed by atoms with Crippen molar-refractivity contribution in [2.24, 2.45) is 0 Å². The second-order valence-corrected chi connectivity index (χ2v) is 2.68. The first-order valence-electron chi connectivity index (χ1n) is 3.07. The Kier molecular flexibility index (Phi) is 2.14. The minimum absolute atomic E-state index is 0.0613. The lowest BCUT2D eigenvalue weighted by Crippen LogP contribution is -2.14. The van der Waals surface area contributed by atoms with Crippen molar-refractivity contribution in [2.75, 3.05) is 6.54 Å². The zero-order valence-electron chi connectivity index (χ0n) is 5.95. The second-order valence-electron chi connectivity index (χ2n) is 2.24. The molecular weight excluding hydrogens is 168 g/mol. The van der Waals surface area contributed by atoms with Crippen molar-refractivity contribution in [1.29, 1.82) is 0 Å². The summed E-state index contributed by atoms with van der Waals surface area (Å²) in [6, 6.07) is 0. The van der Waals surface area contributed by atoms with E-state index in [-0.39, 0.29) is 5.70 Å². The molecule has 11 heavy (non-hydrogen) atoms. The molecular formula is C6H7ClN2O2. The number of allylic oxidation sites excluding steroid dienone is 1. The van der Waals surface area contributed by atoms with Crippen LogP contribution in [0.2, 0.25) is 0 Å². The fourth-order valence-corrected chi connectivity index (χ4v) is 0.968. The van der Waals surface area contributed by atoms with E-state index in [9.17, 15) is 10.1 Å². The number of nitro groups is 1. The molecule has 1 aliphatic heterocycles. The zero-order valence-corrected chi connectivity index (χ0v) is 6.71. The van der Waals surface area contributed by atoms with Crippen LogP contribution in [-0.4, -0.2) is 15.9 Å². The zero-order chi connectivity index (χ0) is 8.43. The average Bonchev–Trinajstić information content (AvgIpc) is 1.94. The van der Waals surface area contributed by atoms with Crippen molar-refractivity contribution in [3.8, 4) is 0 Å². The lowest BCUT2D eigenvalue weighted by atomic mass is 10.2. The first-order valence-corrected chi connectivity index (χ1v) is 3.41. The molecule has 0 atom stereocenters. The average molecular weight is 175 g/mol. The molecule has 0 aromatic heterocycles. The van der Waals surface area contributed by atoms with Crippen molar-refractivity contribution in [3.63, 3.8) is 0 Å². The third-order valence-corrected chi connectivity index (χ3v) is 1.67. The van der Waals surface area contributed by atoms with E-state index in [1.54, 1.807) is 13.0 Å². The molecule has 0 spiro atoms. The molecule has 1 heterocycles. The smallest absolute Gasteiger partial charge is 0.282 e. The van der Waals surface area contributed by atoms with Gasteiger partial charge in [0.1, 0.15) is 0 Å². The van der Waals surface area contributed by atoms with Crippen LogP contribution in [0, 0.1) is 10.1 Å². The Morgan fingerprint density at radius 2 is 2.45 bits per heavy atom. The highest BCUT2D eigenvalue weighted by atomic mass is 35.5. The second kappa shape index (κ2) is 2.92. The van der Waals surface area contributed by atoms with E-state index in [4.69, 9.17) is 11.8 Å². The van der Waals surface area contributed by atoms with E-state index in [1.165, 1.54) is 10.6 Å². The van der Waals surface area contributed by atoms with Gasteiger partial charge in [-0.05, 0) is 6.92 Å². The molecule has 0 radical (unpaired) electrons. The third-order valence-electron chi connectivity index (χ3n) is 1.43. The van der Waals surface area contributed by atoms with Gasteiger partial charge in [-0.15, -0.1) is 0 Å². The van der Waals surface area contributed by atoms with Gasteiger partial charge in [0, 0.05) is 17.3 Å².